The molecule has 0 saturated carbocycles. The van der Waals surface area contributed by atoms with Gasteiger partial charge >= 0.3 is 0 Å². The Morgan fingerprint density at radius 1 is 0.935 bits per heavy atom. The Morgan fingerprint density at radius 2 is 1.87 bits per heavy atom. The first-order valence-corrected chi connectivity index (χ1v) is 10.2. The highest BCUT2D eigenvalue weighted by atomic mass is 32.1. The predicted molar refractivity (Wildman–Crippen MR) is 115 cm³/mol. The van der Waals surface area contributed by atoms with Gasteiger partial charge in [0.2, 0.25) is 0 Å². The highest BCUT2D eigenvalue weighted by Gasteiger charge is 2.18. The number of hydrogen-bond donors (Lipinski definition) is 2. The van der Waals surface area contributed by atoms with Crippen molar-refractivity contribution >= 4 is 33.3 Å². The number of aromatic amines is 2. The number of aromatic nitrogens is 6. The van der Waals surface area contributed by atoms with Crippen LogP contribution in [-0.2, 0) is 0 Å². The van der Waals surface area contributed by atoms with Gasteiger partial charge in [-0.25, -0.2) is 9.37 Å². The molecule has 0 aliphatic heterocycles. The second-order valence-corrected chi connectivity index (χ2v) is 7.97. The SMILES string of the molecule is Fc1ccc(-c2nccc3[nH]c(-c4[nH]nc5c(F)cc(-c6cccnc6)cc45)nc23)s1. The van der Waals surface area contributed by atoms with Gasteiger partial charge in [-0.15, -0.1) is 11.3 Å². The summed E-state index contributed by atoms with van der Waals surface area (Å²) in [6.45, 7) is 0. The van der Waals surface area contributed by atoms with Crippen LogP contribution in [0.2, 0.25) is 0 Å². The van der Waals surface area contributed by atoms with Crippen molar-refractivity contribution in [2.75, 3.05) is 0 Å². The molecule has 0 spiro atoms. The fourth-order valence-corrected chi connectivity index (χ4v) is 4.36. The molecule has 6 nitrogen and oxygen atoms in total. The number of thiophene rings is 1. The van der Waals surface area contributed by atoms with Crippen LogP contribution in [0.25, 0.3) is 55.2 Å². The Kier molecular flexibility index (Phi) is 3.90. The first-order chi connectivity index (χ1) is 15.2. The number of halogens is 2. The van der Waals surface area contributed by atoms with Crippen molar-refractivity contribution in [3.8, 4) is 33.2 Å². The zero-order valence-corrected chi connectivity index (χ0v) is 16.5. The number of nitrogens with one attached hydrogen (secondary N) is 2. The van der Waals surface area contributed by atoms with Gasteiger partial charge in [-0.3, -0.25) is 15.1 Å². The molecule has 0 aliphatic rings. The molecule has 0 atom stereocenters. The van der Waals surface area contributed by atoms with Crippen LogP contribution in [0.15, 0.2) is 61.1 Å². The Balaban J connectivity index is 1.55. The van der Waals surface area contributed by atoms with Crippen molar-refractivity contribution in [3.05, 3.63) is 72.0 Å². The van der Waals surface area contributed by atoms with E-state index in [1.165, 1.54) is 12.1 Å². The molecular weight excluding hydrogens is 418 g/mol. The maximum Gasteiger partial charge on any atom is 0.177 e. The van der Waals surface area contributed by atoms with Gasteiger partial charge in [0.25, 0.3) is 0 Å². The Hall–Kier alpha value is -3.98. The molecule has 0 radical (unpaired) electrons. The topological polar surface area (TPSA) is 83.1 Å². The molecular formula is C22H12F2N6S. The van der Waals surface area contributed by atoms with Crippen LogP contribution >= 0.6 is 11.3 Å². The number of H-pyrrole nitrogens is 2. The molecule has 1 aromatic carbocycles. The third kappa shape index (κ3) is 2.89. The molecule has 6 aromatic rings. The monoisotopic (exact) mass is 430 g/mol. The summed E-state index contributed by atoms with van der Waals surface area (Å²) < 4.78 is 28.3. The van der Waals surface area contributed by atoms with E-state index in [0.29, 0.717) is 38.6 Å². The number of fused-ring (bicyclic) bond motifs is 2. The first kappa shape index (κ1) is 17.8. The zero-order valence-electron chi connectivity index (χ0n) is 15.7. The van der Waals surface area contributed by atoms with Crippen LogP contribution in [0, 0.1) is 10.9 Å². The number of rotatable bonds is 3. The summed E-state index contributed by atoms with van der Waals surface area (Å²) in [4.78, 5) is 17.1. The fraction of sp³-hybridized carbons (Fsp3) is 0. The van der Waals surface area contributed by atoms with Crippen molar-refractivity contribution in [2.24, 2.45) is 0 Å². The average molecular weight is 430 g/mol. The second-order valence-electron chi connectivity index (χ2n) is 6.94. The van der Waals surface area contributed by atoms with Gasteiger partial charge in [0, 0.05) is 29.5 Å². The molecule has 0 amide bonds. The number of nitrogens with zero attached hydrogens (tertiary/aromatic N) is 4. The van der Waals surface area contributed by atoms with Crippen molar-refractivity contribution in [3.63, 3.8) is 0 Å². The number of benzene rings is 1. The summed E-state index contributed by atoms with van der Waals surface area (Å²) in [6.07, 6.45) is 4.99. The summed E-state index contributed by atoms with van der Waals surface area (Å²) >= 11 is 1.01. The summed E-state index contributed by atoms with van der Waals surface area (Å²) in [5, 5.41) is 7.34. The summed E-state index contributed by atoms with van der Waals surface area (Å²) in [5.74, 6) is 0.0536. The minimum atomic E-state index is -0.439. The maximum absolute atomic E-state index is 14.8. The van der Waals surface area contributed by atoms with Crippen molar-refractivity contribution in [1.29, 1.82) is 0 Å². The quantitative estimate of drug-likeness (QED) is 0.385. The molecule has 0 aliphatic carbocycles. The smallest absolute Gasteiger partial charge is 0.177 e. The molecule has 31 heavy (non-hydrogen) atoms. The molecule has 9 heteroatoms. The highest BCUT2D eigenvalue weighted by molar-refractivity contribution is 7.13. The van der Waals surface area contributed by atoms with Crippen LogP contribution in [0.5, 0.6) is 0 Å². The minimum Gasteiger partial charge on any atom is -0.337 e. The van der Waals surface area contributed by atoms with Gasteiger partial charge in [0.15, 0.2) is 16.8 Å². The minimum absolute atomic E-state index is 0.224. The summed E-state index contributed by atoms with van der Waals surface area (Å²) in [7, 11) is 0. The number of imidazole rings is 1. The van der Waals surface area contributed by atoms with E-state index in [2.05, 4.69) is 30.1 Å². The van der Waals surface area contributed by atoms with Crippen molar-refractivity contribution in [1.82, 2.24) is 30.1 Å². The molecule has 0 unspecified atom stereocenters. The molecule has 0 saturated heterocycles. The molecule has 5 aromatic heterocycles. The average Bonchev–Trinajstić information content (AvgIpc) is 3.51. The third-order valence-corrected chi connectivity index (χ3v) is 5.93. The van der Waals surface area contributed by atoms with E-state index in [0.717, 1.165) is 22.4 Å². The van der Waals surface area contributed by atoms with Crippen molar-refractivity contribution in [2.45, 2.75) is 0 Å². The van der Waals surface area contributed by atoms with E-state index < -0.39 is 5.82 Å². The lowest BCUT2D eigenvalue weighted by Gasteiger charge is -2.02. The first-order valence-electron chi connectivity index (χ1n) is 9.36. The molecule has 0 fully saturated rings. The van der Waals surface area contributed by atoms with Crippen LogP contribution < -0.4 is 0 Å². The van der Waals surface area contributed by atoms with Crippen molar-refractivity contribution < 1.29 is 8.78 Å². The lowest BCUT2D eigenvalue weighted by Crippen LogP contribution is -1.85. The van der Waals surface area contributed by atoms with Gasteiger partial charge in [-0.2, -0.15) is 9.49 Å². The lowest BCUT2D eigenvalue weighted by atomic mass is 10.0. The second kappa shape index (κ2) is 6.78. The molecule has 2 N–H and O–H groups in total. The van der Waals surface area contributed by atoms with Crippen LogP contribution in [0.1, 0.15) is 0 Å². The van der Waals surface area contributed by atoms with E-state index in [1.54, 1.807) is 36.8 Å². The van der Waals surface area contributed by atoms with E-state index >= 15 is 0 Å². The Labute approximate surface area is 177 Å². The van der Waals surface area contributed by atoms with E-state index in [-0.39, 0.29) is 10.6 Å². The third-order valence-electron chi connectivity index (χ3n) is 5.05. The Bertz CT molecular complexity index is 1570. The summed E-state index contributed by atoms with van der Waals surface area (Å²) in [6, 6.07) is 11.8. The van der Waals surface area contributed by atoms with Crippen LogP contribution in [0.3, 0.4) is 0 Å². The van der Waals surface area contributed by atoms with Gasteiger partial charge in [0.1, 0.15) is 22.4 Å². The van der Waals surface area contributed by atoms with Crippen LogP contribution in [0.4, 0.5) is 8.78 Å². The summed E-state index contributed by atoms with van der Waals surface area (Å²) in [5.41, 5.74) is 4.19. The zero-order chi connectivity index (χ0) is 20.9. The van der Waals surface area contributed by atoms with E-state index in [9.17, 15) is 8.78 Å². The van der Waals surface area contributed by atoms with E-state index in [1.807, 2.05) is 12.1 Å². The highest BCUT2D eigenvalue weighted by Crippen LogP contribution is 2.34. The van der Waals surface area contributed by atoms with Crippen LogP contribution in [-0.4, -0.2) is 30.1 Å². The fourth-order valence-electron chi connectivity index (χ4n) is 3.63. The normalized spacial score (nSPS) is 11.5. The largest absolute Gasteiger partial charge is 0.337 e. The molecule has 150 valence electrons. The van der Waals surface area contributed by atoms with E-state index in [4.69, 9.17) is 0 Å². The van der Waals surface area contributed by atoms with Gasteiger partial charge in [-0.1, -0.05) is 6.07 Å². The predicted octanol–water partition coefficient (Wildman–Crippen LogP) is 5.57. The number of pyridine rings is 2. The number of hydrogen-bond acceptors (Lipinski definition) is 5. The Morgan fingerprint density at radius 3 is 2.68 bits per heavy atom. The lowest BCUT2D eigenvalue weighted by molar-refractivity contribution is 0.636. The van der Waals surface area contributed by atoms with Gasteiger partial charge < -0.3 is 4.98 Å². The maximum atomic E-state index is 14.8. The molecule has 6 rings (SSSR count). The molecule has 5 heterocycles. The van der Waals surface area contributed by atoms with Gasteiger partial charge in [-0.05, 0) is 42.0 Å². The standard InChI is InChI=1S/C22H12F2N6S/c23-14-9-12(11-2-1-6-25-10-11)8-13-18(14)29-30-19(13)22-27-15-5-7-26-21(20(15)28-22)16-3-4-17(24)31-16/h1-10H,(H,27,28)(H,29,30). The van der Waals surface area contributed by atoms with Gasteiger partial charge in [0.05, 0.1) is 10.4 Å². The molecule has 0 bridgehead atoms.